The van der Waals surface area contributed by atoms with Gasteiger partial charge in [-0.25, -0.2) is 0 Å². The number of aromatic nitrogens is 3. The van der Waals surface area contributed by atoms with E-state index in [0.29, 0.717) is 5.95 Å². The van der Waals surface area contributed by atoms with Crippen LogP contribution in [0.5, 0.6) is 0 Å². The highest BCUT2D eigenvalue weighted by atomic mass is 32.2. The van der Waals surface area contributed by atoms with Gasteiger partial charge in [0, 0.05) is 27.2 Å². The number of ether oxygens (including phenoxy) is 1. The number of thioether (sulfide) groups is 1. The molecule has 0 aliphatic carbocycles. The van der Waals surface area contributed by atoms with Crippen LogP contribution in [0.15, 0.2) is 5.16 Å². The molecule has 18 heavy (non-hydrogen) atoms. The zero-order valence-corrected chi connectivity index (χ0v) is 11.9. The van der Waals surface area contributed by atoms with Crippen molar-refractivity contribution in [3.63, 3.8) is 0 Å². The van der Waals surface area contributed by atoms with Crippen LogP contribution in [0.1, 0.15) is 6.92 Å². The van der Waals surface area contributed by atoms with Gasteiger partial charge in [-0.2, -0.15) is 15.0 Å². The highest BCUT2D eigenvalue weighted by molar-refractivity contribution is 7.99. The highest BCUT2D eigenvalue weighted by Crippen LogP contribution is 2.19. The minimum Gasteiger partial charge on any atom is -0.378 e. The molecule has 0 unspecified atom stereocenters. The van der Waals surface area contributed by atoms with Crippen molar-refractivity contribution in [2.75, 3.05) is 56.0 Å². The van der Waals surface area contributed by atoms with Crippen LogP contribution in [0.3, 0.4) is 0 Å². The summed E-state index contributed by atoms with van der Waals surface area (Å²) in [6.45, 7) is 5.25. The maximum atomic E-state index is 5.35. The fourth-order valence-electron chi connectivity index (χ4n) is 1.63. The largest absolute Gasteiger partial charge is 0.378 e. The molecule has 0 spiro atoms. The molecule has 0 N–H and O–H groups in total. The van der Waals surface area contributed by atoms with Gasteiger partial charge in [-0.3, -0.25) is 0 Å². The van der Waals surface area contributed by atoms with E-state index in [4.69, 9.17) is 4.74 Å². The second kappa shape index (κ2) is 6.19. The normalized spacial score (nSPS) is 15.8. The maximum absolute atomic E-state index is 5.35. The molecule has 0 atom stereocenters. The van der Waals surface area contributed by atoms with Crippen molar-refractivity contribution in [3.05, 3.63) is 0 Å². The molecule has 2 heterocycles. The number of morpholine rings is 1. The molecular formula is C11H19N5OS. The summed E-state index contributed by atoms with van der Waals surface area (Å²) in [5, 5.41) is 0.790. The summed E-state index contributed by atoms with van der Waals surface area (Å²) < 4.78 is 5.35. The highest BCUT2D eigenvalue weighted by Gasteiger charge is 2.17. The average molecular weight is 269 g/mol. The Balaban J connectivity index is 2.26. The van der Waals surface area contributed by atoms with Crippen molar-refractivity contribution < 1.29 is 4.74 Å². The molecule has 100 valence electrons. The SMILES string of the molecule is CCSc1nc(N(C)C)nc(N2CCOCC2)n1. The Morgan fingerprint density at radius 1 is 1.22 bits per heavy atom. The zero-order valence-electron chi connectivity index (χ0n) is 11.1. The van der Waals surface area contributed by atoms with E-state index >= 15 is 0 Å². The molecule has 1 saturated heterocycles. The van der Waals surface area contributed by atoms with E-state index in [9.17, 15) is 0 Å². The molecule has 0 aromatic carbocycles. The molecule has 0 radical (unpaired) electrons. The minimum absolute atomic E-state index is 0.711. The van der Waals surface area contributed by atoms with Crippen molar-refractivity contribution in [3.8, 4) is 0 Å². The van der Waals surface area contributed by atoms with Gasteiger partial charge in [0.25, 0.3) is 0 Å². The fourth-order valence-corrected chi connectivity index (χ4v) is 2.18. The van der Waals surface area contributed by atoms with E-state index in [0.717, 1.165) is 43.2 Å². The summed E-state index contributed by atoms with van der Waals surface area (Å²) >= 11 is 1.64. The van der Waals surface area contributed by atoms with Gasteiger partial charge < -0.3 is 14.5 Å². The second-order valence-corrected chi connectivity index (χ2v) is 5.38. The first kappa shape index (κ1) is 13.4. The Bertz CT molecular complexity index is 395. The smallest absolute Gasteiger partial charge is 0.231 e. The van der Waals surface area contributed by atoms with Gasteiger partial charge in [0.1, 0.15) is 0 Å². The summed E-state index contributed by atoms with van der Waals surface area (Å²) in [7, 11) is 3.89. The third-order valence-corrected chi connectivity index (χ3v) is 3.29. The Morgan fingerprint density at radius 2 is 1.94 bits per heavy atom. The molecule has 7 heteroatoms. The van der Waals surface area contributed by atoms with Crippen LogP contribution in [-0.2, 0) is 4.74 Å². The summed E-state index contributed by atoms with van der Waals surface area (Å²) in [5.74, 6) is 2.43. The van der Waals surface area contributed by atoms with Gasteiger partial charge in [0.15, 0.2) is 5.16 Å². The lowest BCUT2D eigenvalue weighted by molar-refractivity contribution is 0.122. The average Bonchev–Trinajstić information content (AvgIpc) is 2.40. The lowest BCUT2D eigenvalue weighted by Crippen LogP contribution is -2.37. The number of hydrogen-bond acceptors (Lipinski definition) is 7. The van der Waals surface area contributed by atoms with Crippen molar-refractivity contribution >= 4 is 23.7 Å². The van der Waals surface area contributed by atoms with Gasteiger partial charge in [-0.05, 0) is 5.75 Å². The summed E-state index contributed by atoms with van der Waals surface area (Å²) in [6, 6.07) is 0. The Labute approximate surface area is 112 Å². The predicted octanol–water partition coefficient (Wildman–Crippen LogP) is 0.886. The first-order chi connectivity index (χ1) is 8.70. The van der Waals surface area contributed by atoms with Crippen LogP contribution in [-0.4, -0.2) is 61.1 Å². The van der Waals surface area contributed by atoms with E-state index < -0.39 is 0 Å². The van der Waals surface area contributed by atoms with Gasteiger partial charge in [-0.15, -0.1) is 0 Å². The summed E-state index contributed by atoms with van der Waals surface area (Å²) in [4.78, 5) is 17.5. The Hall–Kier alpha value is -1.08. The number of hydrogen-bond donors (Lipinski definition) is 0. The molecule has 1 aliphatic heterocycles. The van der Waals surface area contributed by atoms with E-state index in [1.807, 2.05) is 19.0 Å². The van der Waals surface area contributed by atoms with Crippen molar-refractivity contribution in [2.24, 2.45) is 0 Å². The van der Waals surface area contributed by atoms with Crippen molar-refractivity contribution in [1.29, 1.82) is 0 Å². The maximum Gasteiger partial charge on any atom is 0.231 e. The molecule has 0 saturated carbocycles. The van der Waals surface area contributed by atoms with Crippen LogP contribution in [0.4, 0.5) is 11.9 Å². The topological polar surface area (TPSA) is 54.4 Å². The van der Waals surface area contributed by atoms with E-state index in [2.05, 4.69) is 26.8 Å². The third-order valence-electron chi connectivity index (χ3n) is 2.56. The molecular weight excluding hydrogens is 250 g/mol. The van der Waals surface area contributed by atoms with Crippen LogP contribution < -0.4 is 9.80 Å². The van der Waals surface area contributed by atoms with Gasteiger partial charge in [-0.1, -0.05) is 18.7 Å². The van der Waals surface area contributed by atoms with E-state index in [1.54, 1.807) is 11.8 Å². The number of nitrogens with zero attached hydrogens (tertiary/aromatic N) is 5. The lowest BCUT2D eigenvalue weighted by atomic mass is 10.4. The Morgan fingerprint density at radius 3 is 2.56 bits per heavy atom. The minimum atomic E-state index is 0.711. The van der Waals surface area contributed by atoms with Crippen molar-refractivity contribution in [1.82, 2.24) is 15.0 Å². The molecule has 1 aromatic heterocycles. The van der Waals surface area contributed by atoms with Crippen LogP contribution in [0.25, 0.3) is 0 Å². The predicted molar refractivity (Wildman–Crippen MR) is 73.6 cm³/mol. The molecule has 1 aromatic rings. The fraction of sp³-hybridized carbons (Fsp3) is 0.727. The molecule has 1 aliphatic rings. The van der Waals surface area contributed by atoms with Gasteiger partial charge >= 0.3 is 0 Å². The number of anilines is 2. The zero-order chi connectivity index (χ0) is 13.0. The van der Waals surface area contributed by atoms with Crippen molar-refractivity contribution in [2.45, 2.75) is 12.1 Å². The first-order valence-corrected chi connectivity index (χ1v) is 7.08. The van der Waals surface area contributed by atoms with Crippen LogP contribution >= 0.6 is 11.8 Å². The quantitative estimate of drug-likeness (QED) is 0.752. The number of rotatable bonds is 4. The van der Waals surface area contributed by atoms with E-state index in [1.165, 1.54) is 0 Å². The molecule has 0 bridgehead atoms. The van der Waals surface area contributed by atoms with Gasteiger partial charge in [0.05, 0.1) is 13.2 Å². The van der Waals surface area contributed by atoms with Crippen LogP contribution in [0, 0.1) is 0 Å². The van der Waals surface area contributed by atoms with Gasteiger partial charge in [0.2, 0.25) is 11.9 Å². The first-order valence-electron chi connectivity index (χ1n) is 6.09. The molecule has 6 nitrogen and oxygen atoms in total. The van der Waals surface area contributed by atoms with Crippen LogP contribution in [0.2, 0.25) is 0 Å². The standard InChI is InChI=1S/C11H19N5OS/c1-4-18-11-13-9(15(2)3)12-10(14-11)16-5-7-17-8-6-16/h4-8H2,1-3H3. The molecule has 0 amide bonds. The second-order valence-electron chi connectivity index (χ2n) is 4.14. The molecule has 1 fully saturated rings. The monoisotopic (exact) mass is 269 g/mol. The summed E-state index contributed by atoms with van der Waals surface area (Å²) in [6.07, 6.45) is 0. The summed E-state index contributed by atoms with van der Waals surface area (Å²) in [5.41, 5.74) is 0. The molecule has 2 rings (SSSR count). The third kappa shape index (κ3) is 3.23. The lowest BCUT2D eigenvalue weighted by Gasteiger charge is -2.27. The Kier molecular flexibility index (Phi) is 4.60. The van der Waals surface area contributed by atoms with E-state index in [-0.39, 0.29) is 0 Å².